The Balaban J connectivity index is 3.86. The summed E-state index contributed by atoms with van der Waals surface area (Å²) in [6.07, 6.45) is 28.7. The molecule has 0 aliphatic rings. The van der Waals surface area contributed by atoms with E-state index in [1.165, 1.54) is 142 Å². The topological polar surface area (TPSA) is 59.0 Å². The highest BCUT2D eigenvalue weighted by Gasteiger charge is 2.19. The van der Waals surface area contributed by atoms with E-state index in [0.29, 0.717) is 13.2 Å². The molecule has 0 saturated carbocycles. The van der Waals surface area contributed by atoms with E-state index in [9.17, 15) is 9.46 Å². The van der Waals surface area contributed by atoms with Crippen LogP contribution in [0.5, 0.6) is 0 Å². The molecular weight excluding hydrogens is 481 g/mol. The Labute approximate surface area is 232 Å². The van der Waals surface area contributed by atoms with Crippen molar-refractivity contribution in [1.82, 2.24) is 4.90 Å². The van der Waals surface area contributed by atoms with Gasteiger partial charge in [-0.25, -0.2) is 4.57 Å². The van der Waals surface area contributed by atoms with Crippen LogP contribution in [0.25, 0.3) is 0 Å². The number of unbranched alkanes of at least 4 members (excludes halogenated alkanes) is 19. The molecule has 224 valence electrons. The van der Waals surface area contributed by atoms with Crippen LogP contribution in [-0.2, 0) is 13.6 Å². The van der Waals surface area contributed by atoms with Gasteiger partial charge in [0, 0.05) is 0 Å². The first-order valence-corrected chi connectivity index (χ1v) is 17.9. The van der Waals surface area contributed by atoms with Crippen molar-refractivity contribution < 1.29 is 18.5 Å². The molecule has 0 bridgehead atoms. The molecule has 5 nitrogen and oxygen atoms in total. The zero-order valence-corrected chi connectivity index (χ0v) is 26.3. The number of hydrogen-bond acceptors (Lipinski definition) is 4. The lowest BCUT2D eigenvalue weighted by Gasteiger charge is -2.22. The summed E-state index contributed by atoms with van der Waals surface area (Å²) in [4.78, 5) is 12.5. The van der Waals surface area contributed by atoms with Crippen LogP contribution in [0.15, 0.2) is 0 Å². The van der Waals surface area contributed by atoms with Crippen LogP contribution in [0.3, 0.4) is 0 Å². The highest BCUT2D eigenvalue weighted by atomic mass is 31.2. The van der Waals surface area contributed by atoms with E-state index in [-0.39, 0.29) is 0 Å². The first-order valence-electron chi connectivity index (χ1n) is 16.4. The van der Waals surface area contributed by atoms with Gasteiger partial charge in [-0.2, -0.15) is 0 Å². The molecule has 37 heavy (non-hydrogen) atoms. The van der Waals surface area contributed by atoms with Gasteiger partial charge in [0.25, 0.3) is 0 Å². The second-order valence-corrected chi connectivity index (χ2v) is 12.5. The van der Waals surface area contributed by atoms with Crippen molar-refractivity contribution in [3.8, 4) is 0 Å². The summed E-state index contributed by atoms with van der Waals surface area (Å²) >= 11 is 0. The fourth-order valence-corrected chi connectivity index (χ4v) is 5.61. The van der Waals surface area contributed by atoms with Crippen molar-refractivity contribution in [2.24, 2.45) is 0 Å². The van der Waals surface area contributed by atoms with Gasteiger partial charge < -0.3 is 9.79 Å². The Morgan fingerprint density at radius 3 is 1.05 bits per heavy atom. The van der Waals surface area contributed by atoms with Gasteiger partial charge in [-0.05, 0) is 51.7 Å². The number of hydrogen-bond donors (Lipinski definition) is 1. The molecular formula is C31H66NO4P. The third-order valence-corrected chi connectivity index (χ3v) is 8.30. The van der Waals surface area contributed by atoms with E-state index in [2.05, 4.69) is 25.7 Å². The summed E-state index contributed by atoms with van der Waals surface area (Å²) in [7, 11) is -3.88. The molecule has 0 aliphatic heterocycles. The van der Waals surface area contributed by atoms with E-state index >= 15 is 0 Å². The lowest BCUT2D eigenvalue weighted by molar-refractivity contribution is 0.145. The van der Waals surface area contributed by atoms with Crippen molar-refractivity contribution in [1.29, 1.82) is 0 Å². The molecule has 0 aliphatic carbocycles. The van der Waals surface area contributed by atoms with E-state index in [1.54, 1.807) is 0 Å². The molecule has 0 amide bonds. The first kappa shape index (κ1) is 37.1. The summed E-state index contributed by atoms with van der Waals surface area (Å²) in [5.41, 5.74) is 0. The van der Waals surface area contributed by atoms with Crippen LogP contribution in [0.1, 0.15) is 168 Å². The Kier molecular flexibility index (Phi) is 29.1. The maximum atomic E-state index is 12.0. The van der Waals surface area contributed by atoms with Crippen molar-refractivity contribution in [3.05, 3.63) is 0 Å². The van der Waals surface area contributed by atoms with Crippen LogP contribution >= 0.6 is 7.82 Å². The first-order chi connectivity index (χ1) is 18.1. The van der Waals surface area contributed by atoms with Crippen LogP contribution in [0.4, 0.5) is 0 Å². The van der Waals surface area contributed by atoms with Gasteiger partial charge in [-0.3, -0.25) is 9.05 Å². The smallest absolute Gasteiger partial charge is 0.303 e. The second kappa shape index (κ2) is 29.1. The number of phosphoric ester groups is 1. The molecule has 0 heterocycles. The number of rotatable bonds is 31. The molecule has 0 saturated heterocycles. The maximum absolute atomic E-state index is 12.0. The van der Waals surface area contributed by atoms with Gasteiger partial charge in [0.05, 0.1) is 13.2 Å². The van der Waals surface area contributed by atoms with Gasteiger partial charge in [-0.15, -0.1) is 0 Å². The zero-order valence-electron chi connectivity index (χ0n) is 25.4. The average molecular weight is 548 g/mol. The lowest BCUT2D eigenvalue weighted by atomic mass is 10.1. The van der Waals surface area contributed by atoms with Gasteiger partial charge in [0.2, 0.25) is 0 Å². The van der Waals surface area contributed by atoms with Crippen molar-refractivity contribution in [2.75, 3.05) is 32.8 Å². The summed E-state index contributed by atoms with van der Waals surface area (Å²) < 4.78 is 22.3. The molecule has 1 atom stereocenters. The maximum Gasteiger partial charge on any atom is 0.472 e. The molecule has 1 N–H and O–H groups in total. The van der Waals surface area contributed by atoms with E-state index in [1.807, 2.05) is 0 Å². The predicted molar refractivity (Wildman–Crippen MR) is 161 cm³/mol. The average Bonchev–Trinajstić information content (AvgIpc) is 2.88. The van der Waals surface area contributed by atoms with Crippen LogP contribution < -0.4 is 0 Å². The van der Waals surface area contributed by atoms with Gasteiger partial charge in [0.1, 0.15) is 0 Å². The molecule has 0 aromatic rings. The minimum Gasteiger partial charge on any atom is -0.303 e. The van der Waals surface area contributed by atoms with Crippen molar-refractivity contribution in [2.45, 2.75) is 168 Å². The Morgan fingerprint density at radius 1 is 0.459 bits per heavy atom. The van der Waals surface area contributed by atoms with Crippen molar-refractivity contribution >= 4 is 7.82 Å². The second-order valence-electron chi connectivity index (χ2n) is 11.0. The highest BCUT2D eigenvalue weighted by molar-refractivity contribution is 7.47. The van der Waals surface area contributed by atoms with Crippen LogP contribution in [-0.4, -0.2) is 42.6 Å². The fourth-order valence-electron chi connectivity index (χ4n) is 4.81. The van der Waals surface area contributed by atoms with Crippen LogP contribution in [0.2, 0.25) is 0 Å². The van der Waals surface area contributed by atoms with Gasteiger partial charge >= 0.3 is 7.82 Å². The SMILES string of the molecule is CCCCCCCCOP(=O)(O)OCCCCCCCN(CCCCCCCC)CCCCCCCC. The van der Waals surface area contributed by atoms with Crippen LogP contribution in [0, 0.1) is 0 Å². The quantitative estimate of drug-likeness (QED) is 0.0691. The Morgan fingerprint density at radius 2 is 0.730 bits per heavy atom. The van der Waals surface area contributed by atoms with E-state index < -0.39 is 7.82 Å². The minimum atomic E-state index is -3.88. The normalized spacial score (nSPS) is 13.4. The third kappa shape index (κ3) is 28.9. The molecule has 6 heteroatoms. The molecule has 0 spiro atoms. The third-order valence-electron chi connectivity index (χ3n) is 7.28. The summed E-state index contributed by atoms with van der Waals surface area (Å²) in [6.45, 7) is 11.1. The number of nitrogens with zero attached hydrogens (tertiary/aromatic N) is 1. The fraction of sp³-hybridized carbons (Fsp3) is 1.00. The zero-order chi connectivity index (χ0) is 27.3. The largest absolute Gasteiger partial charge is 0.472 e. The lowest BCUT2D eigenvalue weighted by Crippen LogP contribution is -2.27. The molecule has 0 aromatic heterocycles. The van der Waals surface area contributed by atoms with Crippen molar-refractivity contribution in [3.63, 3.8) is 0 Å². The molecule has 0 radical (unpaired) electrons. The standard InChI is InChI=1S/C31H66NO4P/c1-4-7-10-13-17-22-27-32(28-23-18-14-11-8-5-2)29-24-19-16-21-26-31-36-37(33,34)35-30-25-20-15-12-9-6-3/h4-31H2,1-3H3,(H,33,34). The monoisotopic (exact) mass is 547 g/mol. The molecule has 1 unspecified atom stereocenters. The van der Waals surface area contributed by atoms with E-state index in [0.717, 1.165) is 25.7 Å². The number of phosphoric acid groups is 1. The predicted octanol–water partition coefficient (Wildman–Crippen LogP) is 10.5. The minimum absolute atomic E-state index is 0.312. The Bertz CT molecular complexity index is 476. The summed E-state index contributed by atoms with van der Waals surface area (Å²) in [5.74, 6) is 0. The molecule has 0 aromatic carbocycles. The summed E-state index contributed by atoms with van der Waals surface area (Å²) in [5, 5.41) is 0. The Hall–Kier alpha value is 0.0700. The highest BCUT2D eigenvalue weighted by Crippen LogP contribution is 2.43. The molecule has 0 rings (SSSR count). The van der Waals surface area contributed by atoms with E-state index in [4.69, 9.17) is 9.05 Å². The van der Waals surface area contributed by atoms with Gasteiger partial charge in [0.15, 0.2) is 0 Å². The molecule has 0 fully saturated rings. The van der Waals surface area contributed by atoms with Gasteiger partial charge in [-0.1, -0.05) is 136 Å². The summed E-state index contributed by atoms with van der Waals surface area (Å²) in [6, 6.07) is 0.